The van der Waals surface area contributed by atoms with Gasteiger partial charge in [0, 0.05) is 6.54 Å². The molecule has 0 aliphatic rings. The first-order valence-corrected chi connectivity index (χ1v) is 10.1. The van der Waals surface area contributed by atoms with E-state index in [1.165, 1.54) is 12.1 Å². The Kier molecular flexibility index (Phi) is 7.04. The largest absolute Gasteiger partial charge is 0.354 e. The van der Waals surface area contributed by atoms with Crippen LogP contribution in [0.15, 0.2) is 30.3 Å². The van der Waals surface area contributed by atoms with Gasteiger partial charge in [0.05, 0.1) is 0 Å². The quantitative estimate of drug-likeness (QED) is 0.355. The number of rotatable bonds is 7. The Balaban J connectivity index is 2.64. The molecule has 0 heterocycles. The van der Waals surface area contributed by atoms with Crippen molar-refractivity contribution in [3.05, 3.63) is 41.7 Å². The molecule has 0 aliphatic heterocycles. The molecular weight excluding hydrogens is 363 g/mol. The van der Waals surface area contributed by atoms with Gasteiger partial charge in [-0.05, 0) is 36.6 Å². The fraction of sp³-hybridized carbons (Fsp3) is 0.308. The van der Waals surface area contributed by atoms with Crippen LogP contribution in [0.1, 0.15) is 18.9 Å². The molecule has 5 N–H and O–H groups in total. The summed E-state index contributed by atoms with van der Waals surface area (Å²) in [6.45, 7) is 1.68. The van der Waals surface area contributed by atoms with Crippen molar-refractivity contribution in [2.75, 3.05) is 6.54 Å². The maximum Gasteiger partial charge on any atom is 0.350 e. The highest BCUT2D eigenvalue weighted by Crippen LogP contribution is 2.59. The highest BCUT2D eigenvalue weighted by atomic mass is 31.2. The van der Waals surface area contributed by atoms with Gasteiger partial charge in [0.25, 0.3) is 0 Å². The van der Waals surface area contributed by atoms with Gasteiger partial charge in [-0.2, -0.15) is 0 Å². The Labute approximate surface area is 137 Å². The number of halogens is 1. The third-order valence-corrected chi connectivity index (χ3v) is 6.61. The van der Waals surface area contributed by atoms with E-state index >= 15 is 0 Å². The molecule has 134 valence electrons. The molecule has 0 aromatic heterocycles. The SMILES string of the molecule is C/C(=C\CCNC(=O)C(P(=O)(O)O)P(=O)(O)O)c1ccc(F)cc1. The van der Waals surface area contributed by atoms with E-state index in [0.717, 1.165) is 11.1 Å². The van der Waals surface area contributed by atoms with E-state index in [1.807, 2.05) is 0 Å². The van der Waals surface area contributed by atoms with Crippen LogP contribution in [0.5, 0.6) is 0 Å². The van der Waals surface area contributed by atoms with Gasteiger partial charge < -0.3 is 24.9 Å². The Bertz CT molecular complexity index is 686. The summed E-state index contributed by atoms with van der Waals surface area (Å²) in [6, 6.07) is 5.72. The maximum absolute atomic E-state index is 12.8. The molecule has 11 heteroatoms. The fourth-order valence-corrected chi connectivity index (χ4v) is 4.27. The molecular formula is C13H18FNO7P2. The van der Waals surface area contributed by atoms with E-state index in [-0.39, 0.29) is 18.8 Å². The van der Waals surface area contributed by atoms with Crippen LogP contribution in [-0.2, 0) is 13.9 Å². The molecule has 1 rings (SSSR count). The van der Waals surface area contributed by atoms with Crippen molar-refractivity contribution in [2.24, 2.45) is 0 Å². The van der Waals surface area contributed by atoms with Crippen LogP contribution in [0.3, 0.4) is 0 Å². The van der Waals surface area contributed by atoms with Gasteiger partial charge in [-0.15, -0.1) is 0 Å². The second-order valence-electron chi connectivity index (χ2n) is 5.03. The molecule has 0 radical (unpaired) electrons. The molecule has 0 aliphatic carbocycles. The number of hydrogen-bond donors (Lipinski definition) is 5. The van der Waals surface area contributed by atoms with Crippen LogP contribution < -0.4 is 5.32 Å². The number of carbonyl (C=O) groups is 1. The highest BCUT2D eigenvalue weighted by Gasteiger charge is 2.49. The zero-order valence-corrected chi connectivity index (χ0v) is 14.5. The van der Waals surface area contributed by atoms with E-state index in [4.69, 9.17) is 19.6 Å². The van der Waals surface area contributed by atoms with Crippen LogP contribution in [0.25, 0.3) is 5.57 Å². The van der Waals surface area contributed by atoms with Crippen molar-refractivity contribution in [1.29, 1.82) is 0 Å². The van der Waals surface area contributed by atoms with Crippen LogP contribution in [0.4, 0.5) is 4.39 Å². The van der Waals surface area contributed by atoms with Crippen molar-refractivity contribution in [3.8, 4) is 0 Å². The minimum Gasteiger partial charge on any atom is -0.354 e. The van der Waals surface area contributed by atoms with E-state index in [0.29, 0.717) is 0 Å². The highest BCUT2D eigenvalue weighted by molar-refractivity contribution is 7.72. The lowest BCUT2D eigenvalue weighted by Gasteiger charge is -2.18. The Morgan fingerprint density at radius 3 is 2.12 bits per heavy atom. The maximum atomic E-state index is 12.8. The summed E-state index contributed by atoms with van der Waals surface area (Å²) >= 11 is 0. The molecule has 1 amide bonds. The number of carbonyl (C=O) groups excluding carboxylic acids is 1. The zero-order valence-electron chi connectivity index (χ0n) is 12.7. The summed E-state index contributed by atoms with van der Waals surface area (Å²) in [7, 11) is -10.6. The third-order valence-electron chi connectivity index (χ3n) is 3.07. The molecule has 24 heavy (non-hydrogen) atoms. The van der Waals surface area contributed by atoms with E-state index in [9.17, 15) is 18.3 Å². The molecule has 0 saturated carbocycles. The summed E-state index contributed by atoms with van der Waals surface area (Å²) in [5.74, 6) is -1.79. The molecule has 0 fully saturated rings. The number of nitrogens with one attached hydrogen (secondary N) is 1. The summed E-state index contributed by atoms with van der Waals surface area (Å²) in [6.07, 6.45) is 1.95. The Morgan fingerprint density at radius 2 is 1.67 bits per heavy atom. The molecule has 0 spiro atoms. The minimum atomic E-state index is -5.30. The van der Waals surface area contributed by atoms with Crippen LogP contribution in [0, 0.1) is 5.82 Å². The van der Waals surface area contributed by atoms with Gasteiger partial charge >= 0.3 is 15.2 Å². The summed E-state index contributed by atoms with van der Waals surface area (Å²) in [4.78, 5) is 47.3. The predicted octanol–water partition coefficient (Wildman–Crippen LogP) is 1.42. The smallest absolute Gasteiger partial charge is 0.350 e. The average Bonchev–Trinajstić information content (AvgIpc) is 2.40. The topological polar surface area (TPSA) is 144 Å². The van der Waals surface area contributed by atoms with Crippen molar-refractivity contribution < 1.29 is 37.9 Å². The second kappa shape index (κ2) is 8.16. The lowest BCUT2D eigenvalue weighted by atomic mass is 10.1. The lowest BCUT2D eigenvalue weighted by molar-refractivity contribution is -0.119. The normalized spacial score (nSPS) is 13.2. The number of amides is 1. The van der Waals surface area contributed by atoms with Crippen molar-refractivity contribution in [2.45, 2.75) is 18.7 Å². The summed E-state index contributed by atoms with van der Waals surface area (Å²) in [5, 5.41) is -0.632. The van der Waals surface area contributed by atoms with Crippen LogP contribution in [-0.4, -0.2) is 37.4 Å². The number of benzene rings is 1. The minimum absolute atomic E-state index is 0.0755. The summed E-state index contributed by atoms with van der Waals surface area (Å²) < 4.78 is 35.0. The van der Waals surface area contributed by atoms with Crippen molar-refractivity contribution >= 4 is 26.7 Å². The Morgan fingerprint density at radius 1 is 1.17 bits per heavy atom. The predicted molar refractivity (Wildman–Crippen MR) is 85.6 cm³/mol. The first-order chi connectivity index (χ1) is 10.9. The molecule has 0 saturated heterocycles. The number of hydrogen-bond acceptors (Lipinski definition) is 3. The monoisotopic (exact) mass is 381 g/mol. The molecule has 1 aromatic carbocycles. The molecule has 8 nitrogen and oxygen atoms in total. The van der Waals surface area contributed by atoms with Crippen LogP contribution >= 0.6 is 15.2 Å². The first-order valence-electron chi connectivity index (χ1n) is 6.74. The molecule has 0 bridgehead atoms. The summed E-state index contributed by atoms with van der Waals surface area (Å²) in [5.41, 5.74) is 1.54. The second-order valence-corrected chi connectivity index (χ2v) is 8.82. The van der Waals surface area contributed by atoms with Crippen LogP contribution in [0.2, 0.25) is 0 Å². The molecule has 1 aromatic rings. The van der Waals surface area contributed by atoms with Gasteiger partial charge in [0.1, 0.15) is 5.82 Å². The zero-order chi connectivity index (χ0) is 18.5. The van der Waals surface area contributed by atoms with E-state index in [1.54, 1.807) is 25.1 Å². The standard InChI is InChI=1S/C13H18FNO7P2/c1-9(10-4-6-11(14)7-5-10)3-2-8-15-12(16)13(23(17,18)19)24(20,21)22/h3-7,13H,2,8H2,1H3,(H,15,16)(H2,17,18,19)(H2,20,21,22)/b9-3+. The Hall–Kier alpha value is -1.34. The van der Waals surface area contributed by atoms with Crippen molar-refractivity contribution in [3.63, 3.8) is 0 Å². The number of allylic oxidation sites excluding steroid dienone is 1. The molecule has 0 atom stereocenters. The van der Waals surface area contributed by atoms with Gasteiger partial charge in [-0.25, -0.2) is 4.39 Å². The lowest BCUT2D eigenvalue weighted by Crippen LogP contribution is -2.35. The van der Waals surface area contributed by atoms with Gasteiger partial charge in [-0.1, -0.05) is 18.2 Å². The van der Waals surface area contributed by atoms with Gasteiger partial charge in [0.15, 0.2) is 0 Å². The van der Waals surface area contributed by atoms with Gasteiger partial charge in [-0.3, -0.25) is 13.9 Å². The molecule has 0 unspecified atom stereocenters. The van der Waals surface area contributed by atoms with Gasteiger partial charge in [0.2, 0.25) is 11.3 Å². The third kappa shape index (κ3) is 6.28. The van der Waals surface area contributed by atoms with E-state index < -0.39 is 26.5 Å². The van der Waals surface area contributed by atoms with Crippen molar-refractivity contribution in [1.82, 2.24) is 5.32 Å². The fourth-order valence-electron chi connectivity index (χ4n) is 1.91. The first kappa shape index (κ1) is 20.7. The van der Waals surface area contributed by atoms with E-state index in [2.05, 4.69) is 5.32 Å². The average molecular weight is 381 g/mol.